The molecule has 2 heterocycles. The molecule has 0 fully saturated rings. The van der Waals surface area contributed by atoms with E-state index < -0.39 is 5.97 Å². The number of pyridine rings is 1. The number of carboxylic acid groups (broad SMARTS) is 1. The fourth-order valence-electron chi connectivity index (χ4n) is 4.17. The van der Waals surface area contributed by atoms with Gasteiger partial charge in [-0.2, -0.15) is 0 Å². The van der Waals surface area contributed by atoms with Crippen LogP contribution in [0.5, 0.6) is 5.88 Å². The van der Waals surface area contributed by atoms with Crippen LogP contribution in [0.15, 0.2) is 36.5 Å². The monoisotopic (exact) mass is 508 g/mol. The first-order chi connectivity index (χ1) is 17.6. The highest BCUT2D eigenvalue weighted by atomic mass is 16.5. The molecule has 1 aliphatic heterocycles. The number of carbonyl (C=O) groups excluding carboxylic acids is 1. The minimum Gasteiger partial charge on any atom is -0.478 e. The molecule has 0 saturated heterocycles. The zero-order valence-electron chi connectivity index (χ0n) is 22.1. The van der Waals surface area contributed by atoms with E-state index in [1.165, 1.54) is 0 Å². The number of rotatable bonds is 8. The fourth-order valence-corrected chi connectivity index (χ4v) is 4.17. The van der Waals surface area contributed by atoms with Gasteiger partial charge in [-0.25, -0.2) is 9.78 Å². The standard InChI is InChI=1S/C28H36N4O5/c1-19-15-32(20(2)18-33)27(34)24-13-21(9-7-11-30(3)4)14-29-26(24)37-25(19)17-31(5)16-22-8-6-10-23(12-22)28(35)36/h6,8,10,12-14,19-20,25,33H,11,15-18H2,1-5H3,(H,35,36)/t19-,20+,25-/m0/s1. The zero-order chi connectivity index (χ0) is 27.1. The van der Waals surface area contributed by atoms with Gasteiger partial charge >= 0.3 is 5.97 Å². The van der Waals surface area contributed by atoms with E-state index in [1.54, 1.807) is 35.4 Å². The molecule has 0 unspecified atom stereocenters. The number of hydrogen-bond donors (Lipinski definition) is 2. The Morgan fingerprint density at radius 1 is 1.30 bits per heavy atom. The molecule has 1 aromatic heterocycles. The number of carbonyl (C=O) groups is 2. The summed E-state index contributed by atoms with van der Waals surface area (Å²) in [7, 11) is 5.81. The quantitative estimate of drug-likeness (QED) is 0.522. The Labute approximate surface area is 218 Å². The van der Waals surface area contributed by atoms with E-state index in [4.69, 9.17) is 4.74 Å². The SMILES string of the molecule is C[C@H](CO)N1C[C@H](C)[C@H](CN(C)Cc2cccc(C(=O)O)c2)Oc2ncc(C#CCN(C)C)cc2C1=O. The van der Waals surface area contributed by atoms with Crippen molar-refractivity contribution in [2.75, 3.05) is 47.4 Å². The van der Waals surface area contributed by atoms with E-state index in [9.17, 15) is 19.8 Å². The van der Waals surface area contributed by atoms with Crippen LogP contribution in [0.4, 0.5) is 0 Å². The Bertz CT molecular complexity index is 1170. The molecule has 1 aromatic carbocycles. The van der Waals surface area contributed by atoms with Crippen molar-refractivity contribution in [1.29, 1.82) is 0 Å². The molecule has 0 saturated carbocycles. The maximum atomic E-state index is 13.5. The number of benzene rings is 1. The maximum Gasteiger partial charge on any atom is 0.335 e. The van der Waals surface area contributed by atoms with Crippen LogP contribution in [0.25, 0.3) is 0 Å². The Balaban J connectivity index is 1.88. The number of aliphatic hydroxyl groups is 1. The highest BCUT2D eigenvalue weighted by Crippen LogP contribution is 2.27. The first-order valence-electron chi connectivity index (χ1n) is 12.3. The molecular weight excluding hydrogens is 472 g/mol. The van der Waals surface area contributed by atoms with Crippen molar-refractivity contribution in [3.63, 3.8) is 0 Å². The number of aromatic nitrogens is 1. The molecule has 3 rings (SSSR count). The number of carboxylic acids is 1. The maximum absolute atomic E-state index is 13.5. The van der Waals surface area contributed by atoms with Gasteiger partial charge in [0.05, 0.1) is 24.8 Å². The number of ether oxygens (including phenoxy) is 1. The van der Waals surface area contributed by atoms with Crippen molar-refractivity contribution in [1.82, 2.24) is 19.7 Å². The lowest BCUT2D eigenvalue weighted by atomic mass is 9.99. The van der Waals surface area contributed by atoms with Crippen molar-refractivity contribution in [2.24, 2.45) is 5.92 Å². The number of hydrogen-bond acceptors (Lipinski definition) is 7. The van der Waals surface area contributed by atoms with Crippen molar-refractivity contribution < 1.29 is 24.5 Å². The van der Waals surface area contributed by atoms with Gasteiger partial charge in [0, 0.05) is 37.3 Å². The second kappa shape index (κ2) is 12.7. The van der Waals surface area contributed by atoms with E-state index in [0.717, 1.165) is 5.56 Å². The van der Waals surface area contributed by atoms with E-state index >= 15 is 0 Å². The van der Waals surface area contributed by atoms with Gasteiger partial charge < -0.3 is 19.8 Å². The lowest BCUT2D eigenvalue weighted by Crippen LogP contribution is -2.49. The first-order valence-corrected chi connectivity index (χ1v) is 12.3. The van der Waals surface area contributed by atoms with Gasteiger partial charge in [0.25, 0.3) is 5.91 Å². The molecule has 0 spiro atoms. The molecule has 1 aliphatic rings. The third-order valence-electron chi connectivity index (χ3n) is 6.27. The smallest absolute Gasteiger partial charge is 0.335 e. The molecule has 0 aliphatic carbocycles. The van der Waals surface area contributed by atoms with Crippen LogP contribution in [0.2, 0.25) is 0 Å². The summed E-state index contributed by atoms with van der Waals surface area (Å²) in [5, 5.41) is 19.1. The Kier molecular flexibility index (Phi) is 9.64. The third kappa shape index (κ3) is 7.52. The Morgan fingerprint density at radius 3 is 2.73 bits per heavy atom. The lowest BCUT2D eigenvalue weighted by Gasteiger charge is -2.37. The molecule has 1 amide bonds. The molecule has 198 valence electrons. The summed E-state index contributed by atoms with van der Waals surface area (Å²) in [5.41, 5.74) is 2.07. The predicted molar refractivity (Wildman–Crippen MR) is 141 cm³/mol. The van der Waals surface area contributed by atoms with Gasteiger partial charge in [0.15, 0.2) is 0 Å². The second-order valence-corrected chi connectivity index (χ2v) is 9.94. The summed E-state index contributed by atoms with van der Waals surface area (Å²) < 4.78 is 6.34. The van der Waals surface area contributed by atoms with Gasteiger partial charge in [0.2, 0.25) is 5.88 Å². The summed E-state index contributed by atoms with van der Waals surface area (Å²) in [6.45, 7) is 5.72. The van der Waals surface area contributed by atoms with Crippen LogP contribution >= 0.6 is 0 Å². The van der Waals surface area contributed by atoms with Crippen LogP contribution in [0.1, 0.15) is 45.7 Å². The third-order valence-corrected chi connectivity index (χ3v) is 6.27. The number of fused-ring (bicyclic) bond motifs is 1. The van der Waals surface area contributed by atoms with Crippen LogP contribution in [-0.4, -0.2) is 101 Å². The van der Waals surface area contributed by atoms with Crippen molar-refractivity contribution in [3.8, 4) is 17.7 Å². The van der Waals surface area contributed by atoms with Gasteiger partial charge in [-0.05, 0) is 51.8 Å². The normalized spacial score (nSPS) is 18.4. The fraction of sp³-hybridized carbons (Fsp3) is 0.464. The number of aliphatic hydroxyl groups excluding tert-OH is 1. The largest absolute Gasteiger partial charge is 0.478 e. The van der Waals surface area contributed by atoms with E-state index in [1.807, 2.05) is 46.0 Å². The van der Waals surface area contributed by atoms with Gasteiger partial charge in [-0.3, -0.25) is 14.6 Å². The molecule has 9 heteroatoms. The molecule has 0 bridgehead atoms. The Hall–Kier alpha value is -3.45. The minimum atomic E-state index is -0.960. The summed E-state index contributed by atoms with van der Waals surface area (Å²) in [4.78, 5) is 35.0. The summed E-state index contributed by atoms with van der Waals surface area (Å²) >= 11 is 0. The number of aromatic carboxylic acids is 1. The zero-order valence-corrected chi connectivity index (χ0v) is 22.1. The summed E-state index contributed by atoms with van der Waals surface area (Å²) in [6, 6.07) is 8.20. The summed E-state index contributed by atoms with van der Waals surface area (Å²) in [6.07, 6.45) is 1.31. The van der Waals surface area contributed by atoms with Crippen molar-refractivity contribution in [3.05, 3.63) is 58.8 Å². The van der Waals surface area contributed by atoms with Crippen LogP contribution < -0.4 is 4.74 Å². The average molecular weight is 509 g/mol. The van der Waals surface area contributed by atoms with Crippen LogP contribution in [0, 0.1) is 17.8 Å². The molecule has 3 atom stereocenters. The van der Waals surface area contributed by atoms with Gasteiger partial charge in [-0.1, -0.05) is 30.9 Å². The molecule has 2 N–H and O–H groups in total. The molecule has 2 aromatic rings. The van der Waals surface area contributed by atoms with Gasteiger partial charge in [0.1, 0.15) is 11.7 Å². The minimum absolute atomic E-state index is 0.0553. The van der Waals surface area contributed by atoms with E-state index in [-0.39, 0.29) is 42.0 Å². The highest BCUT2D eigenvalue weighted by molar-refractivity contribution is 5.97. The lowest BCUT2D eigenvalue weighted by molar-refractivity contribution is 0.0324. The molecule has 9 nitrogen and oxygen atoms in total. The second-order valence-electron chi connectivity index (χ2n) is 9.94. The van der Waals surface area contributed by atoms with Crippen molar-refractivity contribution >= 4 is 11.9 Å². The van der Waals surface area contributed by atoms with Crippen molar-refractivity contribution in [2.45, 2.75) is 32.5 Å². The predicted octanol–water partition coefficient (Wildman–Crippen LogP) is 2.04. The average Bonchev–Trinajstić information content (AvgIpc) is 2.85. The molecular formula is C28H36N4O5. The molecule has 0 radical (unpaired) electrons. The number of nitrogens with zero attached hydrogens (tertiary/aromatic N) is 4. The highest BCUT2D eigenvalue weighted by Gasteiger charge is 2.34. The number of amides is 1. The summed E-state index contributed by atoms with van der Waals surface area (Å²) in [5.74, 6) is 5.10. The van der Waals surface area contributed by atoms with Crippen LogP contribution in [0.3, 0.4) is 0 Å². The van der Waals surface area contributed by atoms with E-state index in [0.29, 0.717) is 37.3 Å². The van der Waals surface area contributed by atoms with Crippen LogP contribution in [-0.2, 0) is 6.54 Å². The topological polar surface area (TPSA) is 106 Å². The Morgan fingerprint density at radius 2 is 2.05 bits per heavy atom. The molecule has 37 heavy (non-hydrogen) atoms. The van der Waals surface area contributed by atoms with E-state index in [2.05, 4.69) is 21.7 Å². The van der Waals surface area contributed by atoms with Gasteiger partial charge in [-0.15, -0.1) is 0 Å². The number of likely N-dealkylation sites (N-methyl/N-ethyl adjacent to an activating group) is 1. The first kappa shape index (κ1) is 28.1.